The summed E-state index contributed by atoms with van der Waals surface area (Å²) in [6, 6.07) is 4.82. The molecule has 2 aromatic rings. The zero-order valence-electron chi connectivity index (χ0n) is 13.0. The molecule has 3 rings (SSSR count). The summed E-state index contributed by atoms with van der Waals surface area (Å²) in [5, 5.41) is 11.7. The van der Waals surface area contributed by atoms with E-state index in [0.717, 1.165) is 24.8 Å². The molecule has 0 spiro atoms. The minimum Gasteiger partial charge on any atom is -0.494 e. The van der Waals surface area contributed by atoms with Gasteiger partial charge in [-0.15, -0.1) is 5.10 Å². The zero-order chi connectivity index (χ0) is 16.2. The number of methoxy groups -OCH3 is 1. The second kappa shape index (κ2) is 6.85. The fourth-order valence-electron chi connectivity index (χ4n) is 3.00. The van der Waals surface area contributed by atoms with Crippen LogP contribution in [0.2, 0.25) is 0 Å². The zero-order valence-corrected chi connectivity index (χ0v) is 13.0. The minimum atomic E-state index is -0.402. The number of ether oxygens (including phenoxy) is 1. The van der Waals surface area contributed by atoms with Crippen molar-refractivity contribution in [2.75, 3.05) is 7.11 Å². The second-order valence-corrected chi connectivity index (χ2v) is 5.81. The number of aromatic nitrogens is 4. The number of nitrogens with zero attached hydrogens (tertiary/aromatic N) is 4. The molecule has 0 bridgehead atoms. The van der Waals surface area contributed by atoms with Crippen molar-refractivity contribution in [3.63, 3.8) is 0 Å². The third kappa shape index (κ3) is 3.55. The van der Waals surface area contributed by atoms with Gasteiger partial charge in [0.25, 0.3) is 0 Å². The van der Waals surface area contributed by atoms with E-state index in [-0.39, 0.29) is 11.7 Å². The Morgan fingerprint density at radius 1 is 1.43 bits per heavy atom. The summed E-state index contributed by atoms with van der Waals surface area (Å²) in [5.41, 5.74) is 0.774. The van der Waals surface area contributed by atoms with E-state index in [1.165, 1.54) is 13.2 Å². The molecule has 1 heterocycles. The Bertz CT molecular complexity index is 701. The summed E-state index contributed by atoms with van der Waals surface area (Å²) in [5.74, 6) is 0.955. The maximum absolute atomic E-state index is 13.8. The molecule has 0 radical (unpaired) electrons. The van der Waals surface area contributed by atoms with Crippen molar-refractivity contribution < 1.29 is 13.9 Å². The molecule has 1 aromatic carbocycles. The van der Waals surface area contributed by atoms with E-state index in [2.05, 4.69) is 15.5 Å². The van der Waals surface area contributed by atoms with E-state index >= 15 is 0 Å². The average molecular weight is 318 g/mol. The lowest BCUT2D eigenvalue weighted by atomic mass is 10.0. The summed E-state index contributed by atoms with van der Waals surface area (Å²) in [4.78, 5) is 11.7. The molecule has 1 aliphatic rings. The van der Waals surface area contributed by atoms with Gasteiger partial charge in [0.1, 0.15) is 5.78 Å². The first-order valence-electron chi connectivity index (χ1n) is 7.77. The van der Waals surface area contributed by atoms with Crippen LogP contribution in [0.15, 0.2) is 18.2 Å². The number of aryl methyl sites for hydroxylation is 1. The third-order valence-corrected chi connectivity index (χ3v) is 4.30. The summed E-state index contributed by atoms with van der Waals surface area (Å²) < 4.78 is 20.4. The van der Waals surface area contributed by atoms with Gasteiger partial charge in [0.05, 0.1) is 7.11 Å². The van der Waals surface area contributed by atoms with Gasteiger partial charge in [-0.25, -0.2) is 9.07 Å². The van der Waals surface area contributed by atoms with Gasteiger partial charge in [-0.3, -0.25) is 4.79 Å². The summed E-state index contributed by atoms with van der Waals surface area (Å²) in [7, 11) is 1.43. The normalized spacial score (nSPS) is 17.7. The SMILES string of the molecule is COc1ccc(Cc2nnnn2CCC2CCCC2=O)cc1F. The highest BCUT2D eigenvalue weighted by atomic mass is 19.1. The van der Waals surface area contributed by atoms with Gasteiger partial charge in [-0.05, 0) is 47.4 Å². The maximum atomic E-state index is 13.8. The molecule has 1 saturated carbocycles. The van der Waals surface area contributed by atoms with Crippen molar-refractivity contribution in [1.29, 1.82) is 0 Å². The molecule has 1 aromatic heterocycles. The van der Waals surface area contributed by atoms with Gasteiger partial charge >= 0.3 is 0 Å². The van der Waals surface area contributed by atoms with Crippen LogP contribution in [-0.4, -0.2) is 33.1 Å². The Morgan fingerprint density at radius 2 is 2.30 bits per heavy atom. The smallest absolute Gasteiger partial charge is 0.165 e. The lowest BCUT2D eigenvalue weighted by Gasteiger charge is -2.09. The molecule has 6 nitrogen and oxygen atoms in total. The van der Waals surface area contributed by atoms with Crippen LogP contribution >= 0.6 is 0 Å². The van der Waals surface area contributed by atoms with Crippen molar-refractivity contribution in [2.45, 2.75) is 38.6 Å². The Morgan fingerprint density at radius 3 is 3.00 bits per heavy atom. The molecule has 7 heteroatoms. The first kappa shape index (κ1) is 15.6. The van der Waals surface area contributed by atoms with Crippen molar-refractivity contribution in [3.05, 3.63) is 35.4 Å². The van der Waals surface area contributed by atoms with Gasteiger partial charge in [-0.1, -0.05) is 6.07 Å². The first-order chi connectivity index (χ1) is 11.2. The Labute approximate surface area is 133 Å². The number of carbonyl (C=O) groups is 1. The molecule has 0 N–H and O–H groups in total. The number of hydrogen-bond donors (Lipinski definition) is 0. The minimum absolute atomic E-state index is 0.130. The molecule has 23 heavy (non-hydrogen) atoms. The van der Waals surface area contributed by atoms with Gasteiger partial charge in [0.2, 0.25) is 0 Å². The Balaban J connectivity index is 1.66. The van der Waals surface area contributed by atoms with Gasteiger partial charge in [-0.2, -0.15) is 0 Å². The van der Waals surface area contributed by atoms with E-state index in [1.807, 2.05) is 0 Å². The predicted molar refractivity (Wildman–Crippen MR) is 80.5 cm³/mol. The number of Topliss-reactive ketones (excluding diaryl/α,β-unsaturated/α-hetero) is 1. The van der Waals surface area contributed by atoms with Crippen molar-refractivity contribution in [1.82, 2.24) is 20.2 Å². The van der Waals surface area contributed by atoms with E-state index in [1.54, 1.807) is 16.8 Å². The van der Waals surface area contributed by atoms with E-state index in [9.17, 15) is 9.18 Å². The molecular weight excluding hydrogens is 299 g/mol. The number of hydrogen-bond acceptors (Lipinski definition) is 5. The average Bonchev–Trinajstić information content (AvgIpc) is 3.14. The van der Waals surface area contributed by atoms with E-state index < -0.39 is 5.82 Å². The topological polar surface area (TPSA) is 69.9 Å². The number of benzene rings is 1. The fraction of sp³-hybridized carbons (Fsp3) is 0.500. The molecule has 1 aliphatic carbocycles. The van der Waals surface area contributed by atoms with Crippen LogP contribution in [0.4, 0.5) is 4.39 Å². The summed E-state index contributed by atoms with van der Waals surface area (Å²) in [6.45, 7) is 0.609. The molecule has 0 aliphatic heterocycles. The standard InChI is InChI=1S/C16H19FN4O2/c1-23-15-6-5-11(9-13(15)17)10-16-18-19-20-21(16)8-7-12-3-2-4-14(12)22/h5-6,9,12H,2-4,7-8,10H2,1H3. The molecule has 0 saturated heterocycles. The molecular formula is C16H19FN4O2. The van der Waals surface area contributed by atoms with Gasteiger partial charge in [0.15, 0.2) is 17.4 Å². The van der Waals surface area contributed by atoms with Crippen LogP contribution in [0.3, 0.4) is 0 Å². The van der Waals surface area contributed by atoms with Crippen molar-refractivity contribution in [2.24, 2.45) is 5.92 Å². The number of rotatable bonds is 6. The van der Waals surface area contributed by atoms with Crippen molar-refractivity contribution >= 4 is 5.78 Å². The lowest BCUT2D eigenvalue weighted by molar-refractivity contribution is -0.120. The van der Waals surface area contributed by atoms with Crippen LogP contribution < -0.4 is 4.74 Å². The molecule has 1 fully saturated rings. The second-order valence-electron chi connectivity index (χ2n) is 5.81. The van der Waals surface area contributed by atoms with Crippen LogP contribution in [-0.2, 0) is 17.8 Å². The highest BCUT2D eigenvalue weighted by Gasteiger charge is 2.24. The predicted octanol–water partition coefficient (Wildman–Crippen LogP) is 2.17. The molecule has 1 unspecified atom stereocenters. The van der Waals surface area contributed by atoms with E-state index in [4.69, 9.17) is 4.74 Å². The largest absolute Gasteiger partial charge is 0.494 e. The highest BCUT2D eigenvalue weighted by molar-refractivity contribution is 5.82. The van der Waals surface area contributed by atoms with Crippen LogP contribution in [0, 0.1) is 11.7 Å². The number of ketones is 1. The van der Waals surface area contributed by atoms with Crippen molar-refractivity contribution in [3.8, 4) is 5.75 Å². The van der Waals surface area contributed by atoms with E-state index in [0.29, 0.717) is 31.0 Å². The summed E-state index contributed by atoms with van der Waals surface area (Å²) in [6.07, 6.45) is 3.83. The molecule has 1 atom stereocenters. The third-order valence-electron chi connectivity index (χ3n) is 4.30. The maximum Gasteiger partial charge on any atom is 0.165 e. The molecule has 0 amide bonds. The van der Waals surface area contributed by atoms with Crippen LogP contribution in [0.25, 0.3) is 0 Å². The quantitative estimate of drug-likeness (QED) is 0.816. The molecule has 122 valence electrons. The first-order valence-corrected chi connectivity index (χ1v) is 7.77. The summed E-state index contributed by atoms with van der Waals surface area (Å²) >= 11 is 0. The monoisotopic (exact) mass is 318 g/mol. The fourth-order valence-corrected chi connectivity index (χ4v) is 3.00. The van der Waals surface area contributed by atoms with Gasteiger partial charge < -0.3 is 4.74 Å². The highest BCUT2D eigenvalue weighted by Crippen LogP contribution is 2.25. The Hall–Kier alpha value is -2.31. The van der Waals surface area contributed by atoms with Crippen LogP contribution in [0.5, 0.6) is 5.75 Å². The van der Waals surface area contributed by atoms with Gasteiger partial charge in [0, 0.05) is 25.3 Å². The lowest BCUT2D eigenvalue weighted by Crippen LogP contribution is -2.13. The van der Waals surface area contributed by atoms with Crippen LogP contribution in [0.1, 0.15) is 37.1 Å². The number of carbonyl (C=O) groups excluding carboxylic acids is 1. The Kier molecular flexibility index (Phi) is 4.64. The number of tetrazole rings is 1. The number of halogens is 1.